The van der Waals surface area contributed by atoms with Gasteiger partial charge in [-0.05, 0) is 32.6 Å². The molecule has 5 fully saturated rings. The van der Waals surface area contributed by atoms with Gasteiger partial charge in [0.15, 0.2) is 17.9 Å². The summed E-state index contributed by atoms with van der Waals surface area (Å²) in [7, 11) is 0. The van der Waals surface area contributed by atoms with Gasteiger partial charge in [-0.15, -0.1) is 0 Å². The monoisotopic (exact) mass is 436 g/mol. The first kappa shape index (κ1) is 21.8. The number of ether oxygens (including phenoxy) is 6. The van der Waals surface area contributed by atoms with Crippen LogP contribution in [0.15, 0.2) is 12.2 Å². The molecule has 0 radical (unpaired) electrons. The quantitative estimate of drug-likeness (QED) is 0.486. The van der Waals surface area contributed by atoms with E-state index in [0.29, 0.717) is 5.57 Å². The molecule has 5 atom stereocenters. The maximum Gasteiger partial charge on any atom is 0.333 e. The van der Waals surface area contributed by atoms with Crippen molar-refractivity contribution in [3.05, 3.63) is 12.2 Å². The van der Waals surface area contributed by atoms with Gasteiger partial charge in [0.1, 0.15) is 31.0 Å². The minimum Gasteiger partial charge on any atom is -0.459 e. The van der Waals surface area contributed by atoms with Crippen LogP contribution in [-0.4, -0.2) is 54.9 Å². The lowest BCUT2D eigenvalue weighted by molar-refractivity contribution is -0.251. The third-order valence-electron chi connectivity index (χ3n) is 7.43. The molecular formula is C24H36O7. The molecule has 2 aliphatic carbocycles. The van der Waals surface area contributed by atoms with Crippen LogP contribution >= 0.6 is 0 Å². The Morgan fingerprint density at radius 2 is 1.32 bits per heavy atom. The molecule has 0 aromatic carbocycles. The Morgan fingerprint density at radius 3 is 1.90 bits per heavy atom. The highest BCUT2D eigenvalue weighted by atomic mass is 16.9. The predicted octanol–water partition coefficient (Wildman–Crippen LogP) is 4.13. The van der Waals surface area contributed by atoms with E-state index in [-0.39, 0.29) is 24.9 Å². The molecule has 2 spiro atoms. The highest BCUT2D eigenvalue weighted by Gasteiger charge is 2.63. The van der Waals surface area contributed by atoms with Gasteiger partial charge >= 0.3 is 5.97 Å². The highest BCUT2D eigenvalue weighted by Crippen LogP contribution is 2.50. The van der Waals surface area contributed by atoms with Crippen molar-refractivity contribution in [3.8, 4) is 0 Å². The van der Waals surface area contributed by atoms with Crippen LogP contribution in [0.4, 0.5) is 0 Å². The predicted molar refractivity (Wildman–Crippen MR) is 111 cm³/mol. The van der Waals surface area contributed by atoms with Crippen molar-refractivity contribution < 1.29 is 33.2 Å². The van der Waals surface area contributed by atoms with Crippen molar-refractivity contribution in [2.75, 3.05) is 6.61 Å². The van der Waals surface area contributed by atoms with E-state index in [1.807, 2.05) is 0 Å². The average Bonchev–Trinajstić information content (AvgIpc) is 3.08. The van der Waals surface area contributed by atoms with Crippen molar-refractivity contribution in [2.45, 2.75) is 126 Å². The van der Waals surface area contributed by atoms with E-state index >= 15 is 0 Å². The number of rotatable bonds is 3. The normalized spacial score (nSPS) is 38.8. The lowest BCUT2D eigenvalue weighted by atomic mass is 9.99. The lowest BCUT2D eigenvalue weighted by Crippen LogP contribution is -2.56. The van der Waals surface area contributed by atoms with Crippen LogP contribution in [0.1, 0.15) is 84.0 Å². The summed E-state index contributed by atoms with van der Waals surface area (Å²) < 4.78 is 38.1. The van der Waals surface area contributed by atoms with Gasteiger partial charge in [-0.25, -0.2) is 4.79 Å². The Morgan fingerprint density at radius 1 is 0.806 bits per heavy atom. The van der Waals surface area contributed by atoms with Gasteiger partial charge in [-0.2, -0.15) is 0 Å². The van der Waals surface area contributed by atoms with Gasteiger partial charge in [0.25, 0.3) is 0 Å². The fraction of sp³-hybridized carbons (Fsp3) is 0.875. The Kier molecular flexibility index (Phi) is 6.16. The Bertz CT molecular complexity index is 675. The molecule has 3 aliphatic heterocycles. The molecule has 3 heterocycles. The minimum absolute atomic E-state index is 0.0892. The molecule has 5 rings (SSSR count). The largest absolute Gasteiger partial charge is 0.459 e. The summed E-state index contributed by atoms with van der Waals surface area (Å²) in [6, 6.07) is 0. The zero-order chi connectivity index (χ0) is 21.5. The zero-order valence-corrected chi connectivity index (χ0v) is 18.6. The van der Waals surface area contributed by atoms with E-state index in [0.717, 1.165) is 51.4 Å². The molecule has 0 aromatic heterocycles. The molecule has 2 saturated carbocycles. The van der Waals surface area contributed by atoms with Crippen molar-refractivity contribution in [3.63, 3.8) is 0 Å². The Balaban J connectivity index is 1.37. The van der Waals surface area contributed by atoms with Gasteiger partial charge in [-0.3, -0.25) is 0 Å². The first-order valence-corrected chi connectivity index (χ1v) is 12.2. The Labute approximate surface area is 184 Å². The third-order valence-corrected chi connectivity index (χ3v) is 7.43. The molecule has 3 saturated heterocycles. The maximum atomic E-state index is 12.0. The van der Waals surface area contributed by atoms with Crippen molar-refractivity contribution in [1.29, 1.82) is 0 Å². The first-order chi connectivity index (χ1) is 15.0. The number of fused-ring (bicyclic) bond motifs is 3. The summed E-state index contributed by atoms with van der Waals surface area (Å²) in [5.74, 6) is -1.61. The molecule has 5 aliphatic rings. The van der Waals surface area contributed by atoms with Gasteiger partial charge in [-0.1, -0.05) is 32.3 Å². The number of carbonyl (C=O) groups excluding carboxylic acids is 1. The van der Waals surface area contributed by atoms with E-state index in [2.05, 4.69) is 6.58 Å². The molecule has 7 nitrogen and oxygen atoms in total. The topological polar surface area (TPSA) is 72.5 Å². The van der Waals surface area contributed by atoms with Crippen molar-refractivity contribution in [1.82, 2.24) is 0 Å². The lowest BCUT2D eigenvalue weighted by Gasteiger charge is -2.36. The molecule has 0 unspecified atom stereocenters. The van der Waals surface area contributed by atoms with Crippen LogP contribution in [0.25, 0.3) is 0 Å². The summed E-state index contributed by atoms with van der Waals surface area (Å²) >= 11 is 0. The summed E-state index contributed by atoms with van der Waals surface area (Å²) in [4.78, 5) is 12.0. The number of hydrogen-bond donors (Lipinski definition) is 0. The molecule has 7 heteroatoms. The van der Waals surface area contributed by atoms with E-state index in [9.17, 15) is 4.79 Å². The third kappa shape index (κ3) is 4.32. The fourth-order valence-electron chi connectivity index (χ4n) is 5.81. The van der Waals surface area contributed by atoms with Crippen LogP contribution in [0, 0.1) is 0 Å². The summed E-state index contributed by atoms with van der Waals surface area (Å²) in [6.07, 6.45) is 10.8. The van der Waals surface area contributed by atoms with Gasteiger partial charge in [0.2, 0.25) is 0 Å². The second-order valence-corrected chi connectivity index (χ2v) is 9.94. The van der Waals surface area contributed by atoms with Crippen molar-refractivity contribution in [2.24, 2.45) is 0 Å². The average molecular weight is 437 g/mol. The van der Waals surface area contributed by atoms with Crippen molar-refractivity contribution >= 4 is 5.97 Å². The Hall–Kier alpha value is -0.990. The molecule has 174 valence electrons. The smallest absolute Gasteiger partial charge is 0.333 e. The zero-order valence-electron chi connectivity index (χ0n) is 18.6. The van der Waals surface area contributed by atoms with Crippen LogP contribution < -0.4 is 0 Å². The second-order valence-electron chi connectivity index (χ2n) is 9.94. The highest BCUT2D eigenvalue weighted by molar-refractivity contribution is 5.86. The summed E-state index contributed by atoms with van der Waals surface area (Å²) in [6.45, 7) is 5.40. The molecule has 0 amide bonds. The number of esters is 1. The first-order valence-electron chi connectivity index (χ1n) is 12.2. The summed E-state index contributed by atoms with van der Waals surface area (Å²) in [5, 5.41) is 0. The molecule has 31 heavy (non-hydrogen) atoms. The van der Waals surface area contributed by atoms with E-state index in [1.54, 1.807) is 6.92 Å². The van der Waals surface area contributed by atoms with Crippen LogP contribution in [0.3, 0.4) is 0 Å². The maximum absolute atomic E-state index is 12.0. The van der Waals surface area contributed by atoms with Crippen LogP contribution in [0.2, 0.25) is 0 Å². The van der Waals surface area contributed by atoms with Gasteiger partial charge in [0, 0.05) is 31.3 Å². The van der Waals surface area contributed by atoms with E-state index in [1.165, 1.54) is 25.7 Å². The summed E-state index contributed by atoms with van der Waals surface area (Å²) in [5.41, 5.74) is 0.368. The molecule has 0 aromatic rings. The minimum atomic E-state index is -0.595. The second kappa shape index (κ2) is 8.75. The number of carbonyl (C=O) groups is 1. The molecule has 0 N–H and O–H groups in total. The standard InChI is InChI=1S/C24H36O7/c1-16(2)21(25)26-15-17-18-19(29-23(28-18)11-7-3-4-8-12-23)20-22(27-17)31-24(30-20)13-9-5-6-10-14-24/h17-20,22H,1,3-15H2,2H3/t17-,18-,19+,20-,22-/m1/s1. The van der Waals surface area contributed by atoms with E-state index < -0.39 is 29.9 Å². The van der Waals surface area contributed by atoms with Crippen LogP contribution in [-0.2, 0) is 33.2 Å². The van der Waals surface area contributed by atoms with Gasteiger partial charge in [0.05, 0.1) is 0 Å². The van der Waals surface area contributed by atoms with Crippen LogP contribution in [0.5, 0.6) is 0 Å². The van der Waals surface area contributed by atoms with Gasteiger partial charge < -0.3 is 28.4 Å². The number of hydrogen-bond acceptors (Lipinski definition) is 7. The fourth-order valence-corrected chi connectivity index (χ4v) is 5.81. The molecule has 0 bridgehead atoms. The SMILES string of the molecule is C=C(C)C(=O)OC[C@H]1O[C@@H]2OC3(CCCCCC3)O[C@@H]2[C@H]2OC3(CCCCCC3)O[C@@H]21. The molecular weight excluding hydrogens is 400 g/mol. The van der Waals surface area contributed by atoms with E-state index in [4.69, 9.17) is 28.4 Å².